The molecule has 3 aromatic rings. The Kier molecular flexibility index (Phi) is 7.97. The van der Waals surface area contributed by atoms with Crippen molar-refractivity contribution in [1.29, 1.82) is 0 Å². The minimum absolute atomic E-state index is 0.272. The van der Waals surface area contributed by atoms with Gasteiger partial charge in [-0.3, -0.25) is 4.79 Å². The maximum atomic E-state index is 12.5. The fourth-order valence-corrected chi connectivity index (χ4v) is 2.73. The molecule has 0 saturated heterocycles. The largest absolute Gasteiger partial charge is 0.494 e. The van der Waals surface area contributed by atoms with E-state index in [1.54, 1.807) is 66.7 Å². The first-order chi connectivity index (χ1) is 15.6. The molecule has 7 nitrogen and oxygen atoms in total. The van der Waals surface area contributed by atoms with Gasteiger partial charge in [0.15, 0.2) is 11.5 Å². The van der Waals surface area contributed by atoms with Crippen LogP contribution in [-0.4, -0.2) is 31.8 Å². The third-order valence-electron chi connectivity index (χ3n) is 4.37. The number of carbonyl (C=O) groups excluding carboxylic acids is 2. The first-order valence-corrected chi connectivity index (χ1v) is 10.1. The summed E-state index contributed by atoms with van der Waals surface area (Å²) in [6.07, 6.45) is 2.38. The summed E-state index contributed by atoms with van der Waals surface area (Å²) in [6.45, 7) is 2.64. The van der Waals surface area contributed by atoms with Crippen molar-refractivity contribution in [3.8, 4) is 17.2 Å². The van der Waals surface area contributed by atoms with Gasteiger partial charge in [0.1, 0.15) is 5.75 Å². The predicted molar refractivity (Wildman–Crippen MR) is 122 cm³/mol. The molecule has 0 aliphatic carbocycles. The number of carbonyl (C=O) groups is 2. The van der Waals surface area contributed by atoms with Crippen LogP contribution in [0, 0.1) is 0 Å². The number of ether oxygens (including phenoxy) is 3. The molecule has 32 heavy (non-hydrogen) atoms. The number of esters is 1. The SMILES string of the molecule is CCCOc1ccc(C(=O)Oc2ccc(C=NNC(=O)c3ccccc3)cc2OC)cc1. The average Bonchev–Trinajstić information content (AvgIpc) is 2.84. The van der Waals surface area contributed by atoms with E-state index in [1.165, 1.54) is 13.3 Å². The van der Waals surface area contributed by atoms with Gasteiger partial charge in [-0.05, 0) is 66.6 Å². The lowest BCUT2D eigenvalue weighted by Crippen LogP contribution is -2.17. The maximum Gasteiger partial charge on any atom is 0.343 e. The highest BCUT2D eigenvalue weighted by Gasteiger charge is 2.13. The molecule has 0 heterocycles. The quantitative estimate of drug-likeness (QED) is 0.233. The summed E-state index contributed by atoms with van der Waals surface area (Å²) in [4.78, 5) is 24.5. The summed E-state index contributed by atoms with van der Waals surface area (Å²) in [5.41, 5.74) is 4.03. The molecule has 164 valence electrons. The lowest BCUT2D eigenvalue weighted by Gasteiger charge is -2.10. The average molecular weight is 432 g/mol. The smallest absolute Gasteiger partial charge is 0.343 e. The Morgan fingerprint density at radius 1 is 0.938 bits per heavy atom. The first-order valence-electron chi connectivity index (χ1n) is 10.1. The third-order valence-corrected chi connectivity index (χ3v) is 4.37. The lowest BCUT2D eigenvalue weighted by molar-refractivity contribution is 0.0729. The van der Waals surface area contributed by atoms with Crippen molar-refractivity contribution in [3.63, 3.8) is 0 Å². The van der Waals surface area contributed by atoms with E-state index in [9.17, 15) is 9.59 Å². The number of nitrogens with zero attached hydrogens (tertiary/aromatic N) is 1. The van der Waals surface area contributed by atoms with Crippen molar-refractivity contribution in [2.45, 2.75) is 13.3 Å². The molecule has 1 N–H and O–H groups in total. The van der Waals surface area contributed by atoms with Crippen LogP contribution in [0.5, 0.6) is 17.2 Å². The Morgan fingerprint density at radius 3 is 2.38 bits per heavy atom. The molecule has 0 aliphatic rings. The summed E-state index contributed by atoms with van der Waals surface area (Å²) < 4.78 is 16.3. The fraction of sp³-hybridized carbons (Fsp3) is 0.160. The van der Waals surface area contributed by atoms with Crippen LogP contribution in [0.25, 0.3) is 0 Å². The molecule has 0 spiro atoms. The normalized spacial score (nSPS) is 10.6. The van der Waals surface area contributed by atoms with E-state index in [4.69, 9.17) is 14.2 Å². The number of hydrogen-bond donors (Lipinski definition) is 1. The van der Waals surface area contributed by atoms with Crippen molar-refractivity contribution in [3.05, 3.63) is 89.5 Å². The van der Waals surface area contributed by atoms with Crippen LogP contribution >= 0.6 is 0 Å². The molecule has 1 amide bonds. The number of rotatable bonds is 9. The van der Waals surface area contributed by atoms with Crippen molar-refractivity contribution in [2.75, 3.05) is 13.7 Å². The van der Waals surface area contributed by atoms with Gasteiger partial charge in [0.25, 0.3) is 5.91 Å². The molecular weight excluding hydrogens is 408 g/mol. The van der Waals surface area contributed by atoms with E-state index >= 15 is 0 Å². The summed E-state index contributed by atoms with van der Waals surface area (Å²) in [7, 11) is 1.48. The second-order valence-electron chi connectivity index (χ2n) is 6.74. The van der Waals surface area contributed by atoms with E-state index in [1.807, 2.05) is 13.0 Å². The number of hydrazone groups is 1. The van der Waals surface area contributed by atoms with Crippen molar-refractivity contribution in [1.82, 2.24) is 5.43 Å². The molecule has 0 saturated carbocycles. The topological polar surface area (TPSA) is 86.2 Å². The number of methoxy groups -OCH3 is 1. The third kappa shape index (κ3) is 6.18. The van der Waals surface area contributed by atoms with Gasteiger partial charge < -0.3 is 14.2 Å². The van der Waals surface area contributed by atoms with Gasteiger partial charge in [-0.15, -0.1) is 0 Å². The molecule has 0 aliphatic heterocycles. The van der Waals surface area contributed by atoms with E-state index in [0.29, 0.717) is 34.8 Å². The fourth-order valence-electron chi connectivity index (χ4n) is 2.73. The van der Waals surface area contributed by atoms with Gasteiger partial charge in [-0.1, -0.05) is 25.1 Å². The van der Waals surface area contributed by atoms with Crippen LogP contribution in [0.3, 0.4) is 0 Å². The Hall–Kier alpha value is -4.13. The van der Waals surface area contributed by atoms with Crippen molar-refractivity contribution in [2.24, 2.45) is 5.10 Å². The van der Waals surface area contributed by atoms with E-state index < -0.39 is 5.97 Å². The van der Waals surface area contributed by atoms with E-state index in [-0.39, 0.29) is 11.7 Å². The summed E-state index contributed by atoms with van der Waals surface area (Å²) >= 11 is 0. The van der Waals surface area contributed by atoms with Gasteiger partial charge in [-0.25, -0.2) is 10.2 Å². The number of hydrogen-bond acceptors (Lipinski definition) is 6. The second kappa shape index (κ2) is 11.3. The molecule has 3 aromatic carbocycles. The zero-order valence-corrected chi connectivity index (χ0v) is 17.9. The highest BCUT2D eigenvalue weighted by atomic mass is 16.6. The van der Waals surface area contributed by atoms with Crippen LogP contribution in [0.1, 0.15) is 39.6 Å². The second-order valence-corrected chi connectivity index (χ2v) is 6.74. The minimum Gasteiger partial charge on any atom is -0.494 e. The van der Waals surface area contributed by atoms with E-state index in [0.717, 1.165) is 6.42 Å². The molecular formula is C25H24N2O5. The minimum atomic E-state index is -0.512. The monoisotopic (exact) mass is 432 g/mol. The molecule has 0 fully saturated rings. The van der Waals surface area contributed by atoms with Crippen molar-refractivity contribution < 1.29 is 23.8 Å². The van der Waals surface area contributed by atoms with Crippen molar-refractivity contribution >= 4 is 18.1 Å². The molecule has 3 rings (SSSR count). The molecule has 0 atom stereocenters. The number of amides is 1. The Bertz CT molecular complexity index is 1080. The molecule has 7 heteroatoms. The van der Waals surface area contributed by atoms with Crippen LogP contribution in [0.2, 0.25) is 0 Å². The Morgan fingerprint density at radius 2 is 1.69 bits per heavy atom. The molecule has 0 unspecified atom stereocenters. The Labute approximate surface area is 186 Å². The lowest BCUT2D eigenvalue weighted by atomic mass is 10.2. The van der Waals surface area contributed by atoms with Gasteiger partial charge in [0, 0.05) is 5.56 Å². The zero-order chi connectivity index (χ0) is 22.8. The first kappa shape index (κ1) is 22.6. The number of benzene rings is 3. The Balaban J connectivity index is 1.63. The molecule has 0 radical (unpaired) electrons. The van der Waals surface area contributed by atoms with Gasteiger partial charge in [-0.2, -0.15) is 5.10 Å². The summed E-state index contributed by atoms with van der Waals surface area (Å²) in [5.74, 6) is 0.505. The maximum absolute atomic E-state index is 12.5. The zero-order valence-electron chi connectivity index (χ0n) is 17.9. The highest BCUT2D eigenvalue weighted by molar-refractivity contribution is 5.95. The van der Waals surface area contributed by atoms with Gasteiger partial charge in [0.05, 0.1) is 25.5 Å². The van der Waals surface area contributed by atoms with E-state index in [2.05, 4.69) is 10.5 Å². The highest BCUT2D eigenvalue weighted by Crippen LogP contribution is 2.28. The predicted octanol–water partition coefficient (Wildman–Crippen LogP) is 4.47. The molecule has 0 bridgehead atoms. The van der Waals surface area contributed by atoms with Gasteiger partial charge in [0.2, 0.25) is 0 Å². The van der Waals surface area contributed by atoms with Crippen LogP contribution < -0.4 is 19.6 Å². The van der Waals surface area contributed by atoms with Crippen LogP contribution in [0.15, 0.2) is 77.9 Å². The summed E-state index contributed by atoms with van der Waals surface area (Å²) in [5, 5.41) is 3.96. The number of nitrogens with one attached hydrogen (secondary N) is 1. The van der Waals surface area contributed by atoms with Crippen LogP contribution in [0.4, 0.5) is 0 Å². The molecule has 0 aromatic heterocycles. The standard InChI is InChI=1S/C25H24N2O5/c1-3-15-31-21-12-10-20(11-13-21)25(29)32-22-14-9-18(16-23(22)30-2)17-26-27-24(28)19-7-5-4-6-8-19/h4-14,16-17H,3,15H2,1-2H3,(H,27,28). The van der Waals surface area contributed by atoms with Gasteiger partial charge >= 0.3 is 5.97 Å². The summed E-state index contributed by atoms with van der Waals surface area (Å²) in [6, 6.07) is 20.5. The van der Waals surface area contributed by atoms with Crippen LogP contribution in [-0.2, 0) is 0 Å².